The van der Waals surface area contributed by atoms with Crippen molar-refractivity contribution in [2.24, 2.45) is 0 Å². The molecule has 0 radical (unpaired) electrons. The van der Waals surface area contributed by atoms with Crippen LogP contribution in [0.15, 0.2) is 0 Å². The lowest BCUT2D eigenvalue weighted by Crippen LogP contribution is -2.06. The number of rotatable bonds is 7. The van der Waals surface area contributed by atoms with Gasteiger partial charge in [0.1, 0.15) is 0 Å². The molecule has 0 spiro atoms. The van der Waals surface area contributed by atoms with Crippen LogP contribution in [0, 0.1) is 11.3 Å². The molecule has 0 amide bonds. The summed E-state index contributed by atoms with van der Waals surface area (Å²) in [6.07, 6.45) is 5.79. The Balaban J connectivity index is 3.58. The molecule has 0 aromatic heterocycles. The quantitative estimate of drug-likeness (QED) is 0.455. The Morgan fingerprint density at radius 2 is 1.57 bits per heavy atom. The van der Waals surface area contributed by atoms with Gasteiger partial charge in [-0.2, -0.15) is 5.26 Å². The van der Waals surface area contributed by atoms with Crippen molar-refractivity contribution in [3.05, 3.63) is 0 Å². The smallest absolute Gasteiger partial charge is 0.0621 e. The standard InChI is InChI=1S/C12H24NP/c1-11(2)14(12(3)4)10-8-6-5-7-9-13/h11-12H,5-8,10H2,1-4H3. The molecular formula is C12H24NP. The molecule has 0 aliphatic rings. The van der Waals surface area contributed by atoms with Crippen molar-refractivity contribution in [1.29, 1.82) is 5.26 Å². The van der Waals surface area contributed by atoms with Gasteiger partial charge in [0.2, 0.25) is 0 Å². The number of nitriles is 1. The minimum Gasteiger partial charge on any atom is -0.198 e. The van der Waals surface area contributed by atoms with Crippen LogP contribution in [0.1, 0.15) is 53.4 Å². The first-order valence-corrected chi connectivity index (χ1v) is 7.38. The van der Waals surface area contributed by atoms with E-state index in [0.717, 1.165) is 24.2 Å². The maximum absolute atomic E-state index is 8.41. The number of hydrogen-bond acceptors (Lipinski definition) is 1. The van der Waals surface area contributed by atoms with Crippen LogP contribution in [0.5, 0.6) is 0 Å². The molecule has 0 fully saturated rings. The summed E-state index contributed by atoms with van der Waals surface area (Å²) in [5.41, 5.74) is 1.72. The molecule has 0 atom stereocenters. The van der Waals surface area contributed by atoms with Crippen molar-refractivity contribution in [2.75, 3.05) is 6.16 Å². The van der Waals surface area contributed by atoms with Gasteiger partial charge in [-0.25, -0.2) is 0 Å². The summed E-state index contributed by atoms with van der Waals surface area (Å²) in [6.45, 7) is 9.39. The largest absolute Gasteiger partial charge is 0.198 e. The van der Waals surface area contributed by atoms with E-state index in [1.54, 1.807) is 0 Å². The highest BCUT2D eigenvalue weighted by Crippen LogP contribution is 2.46. The monoisotopic (exact) mass is 213 g/mol. The molecule has 0 saturated carbocycles. The molecule has 1 nitrogen and oxygen atoms in total. The summed E-state index contributed by atoms with van der Waals surface area (Å²) < 4.78 is 0. The Bertz CT molecular complexity index is 162. The zero-order valence-electron chi connectivity index (χ0n) is 10.1. The molecule has 0 unspecified atom stereocenters. The topological polar surface area (TPSA) is 23.8 Å². The zero-order chi connectivity index (χ0) is 11.0. The molecule has 0 aromatic carbocycles. The van der Waals surface area contributed by atoms with Crippen LogP contribution in [-0.2, 0) is 0 Å². The average molecular weight is 213 g/mol. The predicted octanol–water partition coefficient (Wildman–Crippen LogP) is 4.37. The van der Waals surface area contributed by atoms with Crippen LogP contribution in [0.4, 0.5) is 0 Å². The Morgan fingerprint density at radius 3 is 2.00 bits per heavy atom. The van der Waals surface area contributed by atoms with Crippen LogP contribution in [0.3, 0.4) is 0 Å². The minimum atomic E-state index is 0.218. The number of unbranched alkanes of at least 4 members (excludes halogenated alkanes) is 3. The highest BCUT2D eigenvalue weighted by Gasteiger charge is 2.15. The van der Waals surface area contributed by atoms with Crippen molar-refractivity contribution in [2.45, 2.75) is 64.7 Å². The third-order valence-electron chi connectivity index (χ3n) is 2.53. The van der Waals surface area contributed by atoms with E-state index in [9.17, 15) is 0 Å². The Labute approximate surface area is 90.6 Å². The maximum Gasteiger partial charge on any atom is 0.0621 e. The fraction of sp³-hybridized carbons (Fsp3) is 0.917. The maximum atomic E-state index is 8.41. The Hall–Kier alpha value is -0.0800. The summed E-state index contributed by atoms with van der Waals surface area (Å²) >= 11 is 0. The second kappa shape index (κ2) is 8.25. The fourth-order valence-electron chi connectivity index (χ4n) is 1.79. The highest BCUT2D eigenvalue weighted by atomic mass is 31.1. The molecule has 0 heterocycles. The van der Waals surface area contributed by atoms with Gasteiger partial charge < -0.3 is 0 Å². The minimum absolute atomic E-state index is 0.218. The van der Waals surface area contributed by atoms with Crippen molar-refractivity contribution >= 4 is 7.92 Å². The van der Waals surface area contributed by atoms with Gasteiger partial charge in [-0.3, -0.25) is 0 Å². The summed E-state index contributed by atoms with van der Waals surface area (Å²) in [4.78, 5) is 0. The molecule has 0 aromatic rings. The van der Waals surface area contributed by atoms with Gasteiger partial charge in [-0.1, -0.05) is 34.1 Å². The molecule has 82 valence electrons. The Kier molecular flexibility index (Phi) is 8.20. The van der Waals surface area contributed by atoms with E-state index in [4.69, 9.17) is 5.26 Å². The Morgan fingerprint density at radius 1 is 1.00 bits per heavy atom. The highest BCUT2D eigenvalue weighted by molar-refractivity contribution is 7.59. The molecule has 0 saturated heterocycles. The molecule has 14 heavy (non-hydrogen) atoms. The second-order valence-electron chi connectivity index (χ2n) is 4.39. The average Bonchev–Trinajstić information content (AvgIpc) is 2.09. The summed E-state index contributed by atoms with van der Waals surface area (Å²) in [5, 5.41) is 8.41. The van der Waals surface area contributed by atoms with Crippen molar-refractivity contribution in [3.63, 3.8) is 0 Å². The SMILES string of the molecule is CC(C)P(CCCCCC#N)C(C)C. The number of hydrogen-bond donors (Lipinski definition) is 0. The van der Waals surface area contributed by atoms with Gasteiger partial charge in [-0.05, 0) is 30.3 Å². The van der Waals surface area contributed by atoms with E-state index in [1.807, 2.05) is 0 Å². The molecule has 0 aliphatic heterocycles. The van der Waals surface area contributed by atoms with E-state index in [2.05, 4.69) is 33.8 Å². The molecule has 2 heteroatoms. The van der Waals surface area contributed by atoms with Gasteiger partial charge in [0.05, 0.1) is 6.07 Å². The number of nitrogens with zero attached hydrogens (tertiary/aromatic N) is 1. The molecule has 0 N–H and O–H groups in total. The summed E-state index contributed by atoms with van der Waals surface area (Å²) in [5.74, 6) is 0. The van der Waals surface area contributed by atoms with Crippen molar-refractivity contribution in [3.8, 4) is 6.07 Å². The molecular weight excluding hydrogens is 189 g/mol. The lowest BCUT2D eigenvalue weighted by Gasteiger charge is -2.25. The third kappa shape index (κ3) is 6.39. The zero-order valence-corrected chi connectivity index (χ0v) is 11.0. The first kappa shape index (κ1) is 13.9. The summed E-state index contributed by atoms with van der Waals surface area (Å²) in [7, 11) is 0.218. The van der Waals surface area contributed by atoms with Crippen LogP contribution in [-0.4, -0.2) is 17.5 Å². The fourth-order valence-corrected chi connectivity index (χ4v) is 4.60. The van der Waals surface area contributed by atoms with Gasteiger partial charge in [0, 0.05) is 6.42 Å². The van der Waals surface area contributed by atoms with E-state index in [-0.39, 0.29) is 7.92 Å². The first-order chi connectivity index (χ1) is 6.59. The van der Waals surface area contributed by atoms with Gasteiger partial charge in [0.25, 0.3) is 0 Å². The molecule has 0 bridgehead atoms. The molecule has 0 rings (SSSR count). The van der Waals surface area contributed by atoms with E-state index in [1.165, 1.54) is 19.0 Å². The van der Waals surface area contributed by atoms with E-state index in [0.29, 0.717) is 0 Å². The van der Waals surface area contributed by atoms with Crippen molar-refractivity contribution in [1.82, 2.24) is 0 Å². The van der Waals surface area contributed by atoms with Gasteiger partial charge in [-0.15, -0.1) is 7.92 Å². The van der Waals surface area contributed by atoms with Crippen LogP contribution < -0.4 is 0 Å². The van der Waals surface area contributed by atoms with Crippen LogP contribution in [0.25, 0.3) is 0 Å². The van der Waals surface area contributed by atoms with Gasteiger partial charge >= 0.3 is 0 Å². The van der Waals surface area contributed by atoms with Crippen LogP contribution in [0.2, 0.25) is 0 Å². The van der Waals surface area contributed by atoms with E-state index >= 15 is 0 Å². The lowest BCUT2D eigenvalue weighted by molar-refractivity contribution is 0.733. The lowest BCUT2D eigenvalue weighted by atomic mass is 10.2. The molecule has 0 aliphatic carbocycles. The van der Waals surface area contributed by atoms with Crippen LogP contribution >= 0.6 is 7.92 Å². The first-order valence-electron chi connectivity index (χ1n) is 5.72. The van der Waals surface area contributed by atoms with Crippen molar-refractivity contribution < 1.29 is 0 Å². The predicted molar refractivity (Wildman–Crippen MR) is 66.1 cm³/mol. The van der Waals surface area contributed by atoms with Gasteiger partial charge in [0.15, 0.2) is 0 Å². The third-order valence-corrected chi connectivity index (χ3v) is 6.02. The van der Waals surface area contributed by atoms with E-state index < -0.39 is 0 Å². The normalized spacial score (nSPS) is 11.3. The summed E-state index contributed by atoms with van der Waals surface area (Å²) in [6, 6.07) is 2.21. The second-order valence-corrected chi connectivity index (χ2v) is 7.94.